The number of rotatable bonds is 20. The zero-order valence-corrected chi connectivity index (χ0v) is 33.9. The van der Waals surface area contributed by atoms with Crippen LogP contribution in [0.15, 0.2) is 28.2 Å². The number of nitrogens with zero attached hydrogens (tertiary/aromatic N) is 1. The van der Waals surface area contributed by atoms with E-state index in [-0.39, 0.29) is 99.9 Å². The summed E-state index contributed by atoms with van der Waals surface area (Å²) in [5, 5.41) is 83.0. The number of nitrogens with one attached hydrogen (secondary N) is 3. The molecule has 0 aliphatic carbocycles. The fraction of sp³-hybridized carbons (Fsp3) is 0.452. The summed E-state index contributed by atoms with van der Waals surface area (Å²) in [6, 6.07) is 0. The summed E-state index contributed by atoms with van der Waals surface area (Å²) in [5.74, 6) is -11.8. The summed E-state index contributed by atoms with van der Waals surface area (Å²) >= 11 is 0. The highest BCUT2D eigenvalue weighted by molar-refractivity contribution is 6.05. The quantitative estimate of drug-likeness (QED) is 0.0902. The van der Waals surface area contributed by atoms with Crippen LogP contribution < -0.4 is 5.32 Å². The SMILES string of the molecule is C[C@@]1(CC(=O)O)C2=NC(=Cc3[nH]c(c(CCC(=O)O)c3CC(=O)O)Cc3[nH]c(c(CC(=O)O)c3CCC(=O)O)/C=C3\N/C(=C\2)[C@@H](CCC(=O)O)[C@]3(C)CC(=O)O)[C@H]1CCC(=O)O. The Labute approximate surface area is 352 Å². The third-order valence-electron chi connectivity index (χ3n) is 12.1. The van der Waals surface area contributed by atoms with Gasteiger partial charge in [0.15, 0.2) is 0 Å². The highest BCUT2D eigenvalue weighted by atomic mass is 16.4. The molecule has 8 bridgehead atoms. The number of aliphatic carboxylic acids is 8. The van der Waals surface area contributed by atoms with Crippen LogP contribution >= 0.6 is 0 Å². The average molecular weight is 865 g/mol. The van der Waals surface area contributed by atoms with E-state index in [0.29, 0.717) is 0 Å². The average Bonchev–Trinajstić information content (AvgIpc) is 3.77. The molecule has 62 heavy (non-hydrogen) atoms. The summed E-state index contributed by atoms with van der Waals surface area (Å²) in [6.45, 7) is 3.15. The number of allylic oxidation sites excluding steroid dienone is 4. The molecular formula is C42H48N4O16. The van der Waals surface area contributed by atoms with Gasteiger partial charge in [-0.3, -0.25) is 43.3 Å². The summed E-state index contributed by atoms with van der Waals surface area (Å²) in [6.07, 6.45) is -0.580. The number of carboxylic acid groups (broad SMARTS) is 8. The molecule has 1 fully saturated rings. The molecule has 0 spiro atoms. The Balaban J connectivity index is 1.97. The van der Waals surface area contributed by atoms with Gasteiger partial charge in [-0.15, -0.1) is 0 Å². The largest absolute Gasteiger partial charge is 0.481 e. The van der Waals surface area contributed by atoms with E-state index in [1.807, 2.05) is 0 Å². The van der Waals surface area contributed by atoms with Gasteiger partial charge in [-0.1, -0.05) is 13.8 Å². The van der Waals surface area contributed by atoms with Crippen molar-refractivity contribution in [3.8, 4) is 0 Å². The van der Waals surface area contributed by atoms with Crippen molar-refractivity contribution in [1.82, 2.24) is 15.3 Å². The van der Waals surface area contributed by atoms with E-state index in [9.17, 15) is 79.2 Å². The van der Waals surface area contributed by atoms with E-state index in [2.05, 4.69) is 15.3 Å². The van der Waals surface area contributed by atoms with E-state index >= 15 is 0 Å². The molecule has 20 heteroatoms. The van der Waals surface area contributed by atoms with Crippen LogP contribution in [0, 0.1) is 22.7 Å². The fourth-order valence-corrected chi connectivity index (χ4v) is 9.22. The van der Waals surface area contributed by atoms with Crippen LogP contribution in [0.4, 0.5) is 0 Å². The first kappa shape index (κ1) is 46.1. The molecule has 0 unspecified atom stereocenters. The molecule has 0 saturated carbocycles. The highest BCUT2D eigenvalue weighted by Gasteiger charge is 2.51. The molecule has 2 aromatic heterocycles. The number of aromatic amines is 2. The van der Waals surface area contributed by atoms with E-state index in [1.54, 1.807) is 13.8 Å². The van der Waals surface area contributed by atoms with Crippen LogP contribution in [-0.2, 0) is 70.5 Å². The van der Waals surface area contributed by atoms with Gasteiger partial charge in [-0.25, -0.2) is 0 Å². The van der Waals surface area contributed by atoms with Crippen LogP contribution in [0.25, 0.3) is 12.2 Å². The van der Waals surface area contributed by atoms with Crippen molar-refractivity contribution in [2.75, 3.05) is 0 Å². The Bertz CT molecular complexity index is 2360. The Hall–Kier alpha value is -6.99. The molecule has 5 heterocycles. The third kappa shape index (κ3) is 10.1. The monoisotopic (exact) mass is 864 g/mol. The number of aromatic nitrogens is 2. The van der Waals surface area contributed by atoms with Gasteiger partial charge in [0, 0.05) is 100 Å². The van der Waals surface area contributed by atoms with Gasteiger partial charge in [0.2, 0.25) is 0 Å². The minimum Gasteiger partial charge on any atom is -0.481 e. The number of hydrogen-bond acceptors (Lipinski definition) is 10. The predicted molar refractivity (Wildman–Crippen MR) is 215 cm³/mol. The van der Waals surface area contributed by atoms with Gasteiger partial charge in [0.1, 0.15) is 0 Å². The summed E-state index contributed by atoms with van der Waals surface area (Å²) < 4.78 is 0. The molecule has 20 nitrogen and oxygen atoms in total. The number of carbonyl (C=O) groups is 8. The molecule has 0 amide bonds. The van der Waals surface area contributed by atoms with E-state index in [0.717, 1.165) is 0 Å². The minimum atomic E-state index is -1.46. The lowest BCUT2D eigenvalue weighted by atomic mass is 9.68. The summed E-state index contributed by atoms with van der Waals surface area (Å²) in [4.78, 5) is 109. The smallest absolute Gasteiger partial charge is 0.307 e. The van der Waals surface area contributed by atoms with Gasteiger partial charge in [0.05, 0.1) is 25.7 Å². The Morgan fingerprint density at radius 1 is 0.565 bits per heavy atom. The van der Waals surface area contributed by atoms with Crippen LogP contribution in [-0.4, -0.2) is 104 Å². The molecule has 0 aromatic carbocycles. The molecular weight excluding hydrogens is 816 g/mol. The van der Waals surface area contributed by atoms with Crippen molar-refractivity contribution in [3.05, 3.63) is 68.2 Å². The first-order chi connectivity index (χ1) is 29.0. The van der Waals surface area contributed by atoms with Crippen molar-refractivity contribution in [2.45, 2.75) is 97.3 Å². The van der Waals surface area contributed by atoms with E-state index in [1.165, 1.54) is 18.2 Å². The standard InChI is InChI=1S/C42H48N4O16/c1-41(17-39(59)60)23(5-9-35(51)52)29-14-27-21(11-37(55)56)19(3-7-33(47)48)25(43-27)13-26-20(4-8-34(49)50)22(12-38(57)58)28(44-26)15-31-42(2,18-40(61)62)24(6-10-36(53)54)30(46-31)16-32(41)45-29/h14-16,23-24,43-44,46H,3-13,17-18H2,1-2H3,(H,47,48)(H,49,50)(H,51,52)(H,53,54)(H,55,56)(H,57,58)(H,59,60)(H,61,62)/b29-14?,30-16-,31-15-/t23-,24-,41+,42+/m1/s1. The van der Waals surface area contributed by atoms with Gasteiger partial charge >= 0.3 is 47.8 Å². The Morgan fingerprint density at radius 2 is 1.02 bits per heavy atom. The number of H-pyrrole nitrogens is 2. The fourth-order valence-electron chi connectivity index (χ4n) is 9.22. The van der Waals surface area contributed by atoms with E-state index < -0.39 is 122 Å². The zero-order chi connectivity index (χ0) is 45.8. The van der Waals surface area contributed by atoms with Crippen molar-refractivity contribution in [3.63, 3.8) is 0 Å². The molecule has 0 radical (unpaired) electrons. The lowest BCUT2D eigenvalue weighted by Crippen LogP contribution is -2.34. The van der Waals surface area contributed by atoms with Crippen molar-refractivity contribution >= 4 is 65.6 Å². The molecule has 1 saturated heterocycles. The first-order valence-electron chi connectivity index (χ1n) is 19.7. The zero-order valence-electron chi connectivity index (χ0n) is 33.9. The lowest BCUT2D eigenvalue weighted by molar-refractivity contribution is -0.140. The first-order valence-corrected chi connectivity index (χ1v) is 19.7. The second-order valence-electron chi connectivity index (χ2n) is 16.3. The van der Waals surface area contributed by atoms with Crippen molar-refractivity contribution in [2.24, 2.45) is 27.7 Å². The van der Waals surface area contributed by atoms with Gasteiger partial charge in [0.25, 0.3) is 0 Å². The van der Waals surface area contributed by atoms with Gasteiger partial charge < -0.3 is 56.1 Å². The second kappa shape index (κ2) is 18.3. The molecule has 2 aromatic rings. The molecule has 11 N–H and O–H groups in total. The normalized spacial score (nSPS) is 23.2. The Kier molecular flexibility index (Phi) is 13.6. The summed E-state index contributed by atoms with van der Waals surface area (Å²) in [5.41, 5.74) is -0.495. The minimum absolute atomic E-state index is 0.109. The number of aliphatic imine (C=N–C) groups is 1. The summed E-state index contributed by atoms with van der Waals surface area (Å²) in [7, 11) is 0. The maximum atomic E-state index is 12.6. The molecule has 5 rings (SSSR count). The molecule has 332 valence electrons. The van der Waals surface area contributed by atoms with E-state index in [4.69, 9.17) is 4.99 Å². The topological polar surface area (TPSA) is 354 Å². The van der Waals surface area contributed by atoms with Crippen molar-refractivity contribution in [1.29, 1.82) is 0 Å². The van der Waals surface area contributed by atoms with Crippen molar-refractivity contribution < 1.29 is 79.2 Å². The number of carboxylic acids is 8. The second-order valence-corrected chi connectivity index (χ2v) is 16.3. The van der Waals surface area contributed by atoms with Gasteiger partial charge in [-0.05, 0) is 66.2 Å². The van der Waals surface area contributed by atoms with Gasteiger partial charge in [-0.2, -0.15) is 0 Å². The van der Waals surface area contributed by atoms with Crippen LogP contribution in [0.3, 0.4) is 0 Å². The lowest BCUT2D eigenvalue weighted by Gasteiger charge is -2.32. The third-order valence-corrected chi connectivity index (χ3v) is 12.1. The van der Waals surface area contributed by atoms with Crippen LogP contribution in [0.1, 0.15) is 110 Å². The molecule has 3 aliphatic heterocycles. The number of hydrogen-bond donors (Lipinski definition) is 11. The predicted octanol–water partition coefficient (Wildman–Crippen LogP) is 3.78. The Morgan fingerprint density at radius 3 is 1.47 bits per heavy atom. The number of fused-ring (bicyclic) bond motifs is 7. The highest BCUT2D eigenvalue weighted by Crippen LogP contribution is 2.53. The molecule has 3 aliphatic rings. The molecule has 4 atom stereocenters. The van der Waals surface area contributed by atoms with Crippen LogP contribution in [0.2, 0.25) is 0 Å². The maximum absolute atomic E-state index is 12.6. The van der Waals surface area contributed by atoms with Crippen LogP contribution in [0.5, 0.6) is 0 Å². The maximum Gasteiger partial charge on any atom is 0.307 e.